The average Bonchev–Trinajstić information content (AvgIpc) is 3.47. The summed E-state index contributed by atoms with van der Waals surface area (Å²) in [4.78, 5) is 34.7. The van der Waals surface area contributed by atoms with Crippen LogP contribution in [0.5, 0.6) is 0 Å². The molecule has 0 radical (unpaired) electrons. The second kappa shape index (κ2) is 8.18. The number of halogens is 3. The van der Waals surface area contributed by atoms with Crippen LogP contribution in [0.4, 0.5) is 14.5 Å². The highest BCUT2D eigenvalue weighted by molar-refractivity contribution is 6.30. The summed E-state index contributed by atoms with van der Waals surface area (Å²) < 4.78 is 29.3. The van der Waals surface area contributed by atoms with Crippen LogP contribution in [-0.2, 0) is 4.79 Å². The van der Waals surface area contributed by atoms with Gasteiger partial charge in [-0.15, -0.1) is 0 Å². The molecule has 2 aromatic rings. The van der Waals surface area contributed by atoms with E-state index in [2.05, 4.69) is 4.99 Å². The molecule has 2 unspecified atom stereocenters. The van der Waals surface area contributed by atoms with E-state index in [1.165, 1.54) is 6.21 Å². The van der Waals surface area contributed by atoms with Crippen LogP contribution >= 0.6 is 11.6 Å². The Labute approximate surface area is 194 Å². The fourth-order valence-electron chi connectivity index (χ4n) is 4.92. The first-order chi connectivity index (χ1) is 15.8. The summed E-state index contributed by atoms with van der Waals surface area (Å²) in [5.41, 5.74) is -2.04. The largest absolute Gasteiger partial charge is 0.479 e. The summed E-state index contributed by atoms with van der Waals surface area (Å²) in [5, 5.41) is 11.0. The van der Waals surface area contributed by atoms with Gasteiger partial charge in [-0.3, -0.25) is 14.7 Å². The number of carbonyl (C=O) groups excluding carboxylic acids is 1. The van der Waals surface area contributed by atoms with Gasteiger partial charge in [0, 0.05) is 36.4 Å². The Morgan fingerprint density at radius 2 is 1.82 bits per heavy atom. The lowest BCUT2D eigenvalue weighted by molar-refractivity contribution is -0.143. The van der Waals surface area contributed by atoms with Crippen molar-refractivity contribution in [2.24, 2.45) is 4.99 Å². The van der Waals surface area contributed by atoms with Gasteiger partial charge in [0.2, 0.25) is 5.78 Å². The predicted octanol–water partition coefficient (Wildman–Crippen LogP) is 4.15. The Morgan fingerprint density at radius 1 is 1.15 bits per heavy atom. The molecule has 0 spiro atoms. The Morgan fingerprint density at radius 3 is 2.42 bits per heavy atom. The second-order valence-corrected chi connectivity index (χ2v) is 9.19. The zero-order valence-corrected chi connectivity index (χ0v) is 18.4. The molecule has 0 amide bonds. The fourth-order valence-corrected chi connectivity index (χ4v) is 5.05. The van der Waals surface area contributed by atoms with Crippen molar-refractivity contribution in [1.29, 1.82) is 0 Å². The molecule has 1 N–H and O–H groups in total. The fraction of sp³-hybridized carbons (Fsp3) is 0.375. The average molecular weight is 474 g/mol. The zero-order valence-electron chi connectivity index (χ0n) is 17.7. The molecule has 2 aromatic carbocycles. The molecule has 33 heavy (non-hydrogen) atoms. The Balaban J connectivity index is 1.74. The Bertz CT molecular complexity index is 1150. The van der Waals surface area contributed by atoms with Gasteiger partial charge >= 0.3 is 5.97 Å². The Hall–Kier alpha value is -2.84. The molecule has 0 bridgehead atoms. The molecule has 3 aliphatic rings. The highest BCUT2D eigenvalue weighted by atomic mass is 35.5. The van der Waals surface area contributed by atoms with E-state index < -0.39 is 35.1 Å². The summed E-state index contributed by atoms with van der Waals surface area (Å²) >= 11 is 5.94. The van der Waals surface area contributed by atoms with Crippen molar-refractivity contribution >= 4 is 35.3 Å². The molecule has 5 rings (SSSR count). The molecular weight excluding hydrogens is 452 g/mol. The lowest BCUT2D eigenvalue weighted by Crippen LogP contribution is -2.70. The van der Waals surface area contributed by atoms with Crippen LogP contribution in [0.3, 0.4) is 0 Å². The van der Waals surface area contributed by atoms with E-state index in [0.29, 0.717) is 23.7 Å². The normalized spacial score (nSPS) is 25.6. The summed E-state index contributed by atoms with van der Waals surface area (Å²) in [6.07, 6.45) is 3.43. The number of aliphatic imine (C=N–C) groups is 1. The maximum atomic E-state index is 15.1. The monoisotopic (exact) mass is 473 g/mol. The molecule has 9 heteroatoms. The number of rotatable bonds is 5. The Kier molecular flexibility index (Phi) is 5.45. The molecule has 2 fully saturated rings. The number of nitrogens with zero attached hydrogens (tertiary/aromatic N) is 3. The van der Waals surface area contributed by atoms with E-state index in [4.69, 9.17) is 11.6 Å². The highest BCUT2D eigenvalue weighted by Gasteiger charge is 2.63. The van der Waals surface area contributed by atoms with Crippen molar-refractivity contribution in [3.63, 3.8) is 0 Å². The number of carbonyl (C=O) groups is 2. The van der Waals surface area contributed by atoms with Crippen LogP contribution in [0.15, 0.2) is 41.4 Å². The SMILES string of the molecule is O=C(O)C1(N=Cc2ccc(Cl)cc2)C(=O)c2cc(F)cc(F)c2N(C2CC2)C1N1CCCC1. The van der Waals surface area contributed by atoms with E-state index in [0.717, 1.165) is 37.8 Å². The molecule has 6 nitrogen and oxygen atoms in total. The van der Waals surface area contributed by atoms with Crippen LogP contribution < -0.4 is 4.90 Å². The number of hydrogen-bond donors (Lipinski definition) is 1. The van der Waals surface area contributed by atoms with Gasteiger partial charge in [0.15, 0.2) is 0 Å². The number of Topliss-reactive ketones (excluding diaryl/α,β-unsaturated/α-hetero) is 1. The standard InChI is InChI=1S/C24H22ClF2N3O3/c25-15-5-3-14(4-6-15)13-28-24(23(32)33)21(31)18-11-16(26)12-19(27)20(18)30(17-7-8-17)22(24)29-9-1-2-10-29/h3-6,11-13,17,22H,1-2,7-10H2,(H,32,33). The minimum absolute atomic E-state index is 0.0284. The van der Waals surface area contributed by atoms with Crippen molar-refractivity contribution in [2.45, 2.75) is 43.4 Å². The second-order valence-electron chi connectivity index (χ2n) is 8.75. The quantitative estimate of drug-likeness (QED) is 0.521. The molecule has 1 aliphatic carbocycles. The summed E-state index contributed by atoms with van der Waals surface area (Å²) in [6, 6.07) is 8.10. The molecule has 1 saturated carbocycles. The van der Waals surface area contributed by atoms with Gasteiger partial charge in [-0.2, -0.15) is 0 Å². The van der Waals surface area contributed by atoms with Crippen LogP contribution in [0.25, 0.3) is 0 Å². The molecule has 2 aliphatic heterocycles. The third-order valence-electron chi connectivity index (χ3n) is 6.55. The highest BCUT2D eigenvalue weighted by Crippen LogP contribution is 2.47. The number of anilines is 1. The van der Waals surface area contributed by atoms with Crippen LogP contribution in [-0.4, -0.2) is 58.8 Å². The van der Waals surface area contributed by atoms with E-state index in [1.807, 2.05) is 4.90 Å². The molecular formula is C24H22ClF2N3O3. The molecule has 0 aromatic heterocycles. The number of carboxylic acid groups (broad SMARTS) is 1. The summed E-state index contributed by atoms with van der Waals surface area (Å²) in [7, 11) is 0. The number of carboxylic acids is 1. The first-order valence-corrected chi connectivity index (χ1v) is 11.3. The van der Waals surface area contributed by atoms with Gasteiger partial charge in [0.05, 0.1) is 11.3 Å². The zero-order chi connectivity index (χ0) is 23.3. The molecule has 2 atom stereocenters. The van der Waals surface area contributed by atoms with Crippen molar-refractivity contribution < 1.29 is 23.5 Å². The van der Waals surface area contributed by atoms with Crippen LogP contribution in [0, 0.1) is 11.6 Å². The number of hydrogen-bond acceptors (Lipinski definition) is 5. The summed E-state index contributed by atoms with van der Waals surface area (Å²) in [6.45, 7) is 1.12. The van der Waals surface area contributed by atoms with Crippen molar-refractivity contribution in [1.82, 2.24) is 4.90 Å². The van der Waals surface area contributed by atoms with E-state index in [-0.39, 0.29) is 17.3 Å². The lowest BCUT2D eigenvalue weighted by Gasteiger charge is -2.50. The number of aliphatic carboxylic acids is 1. The first kappa shape index (κ1) is 22.0. The molecule has 2 heterocycles. The number of ketones is 1. The van der Waals surface area contributed by atoms with Gasteiger partial charge in [-0.25, -0.2) is 13.6 Å². The molecule has 172 valence electrons. The first-order valence-electron chi connectivity index (χ1n) is 10.9. The smallest absolute Gasteiger partial charge is 0.343 e. The van der Waals surface area contributed by atoms with E-state index in [9.17, 15) is 19.1 Å². The maximum Gasteiger partial charge on any atom is 0.343 e. The maximum absolute atomic E-state index is 15.1. The number of likely N-dealkylation sites (tertiary alicyclic amines) is 1. The third kappa shape index (κ3) is 3.61. The van der Waals surface area contributed by atoms with Crippen LogP contribution in [0.2, 0.25) is 5.02 Å². The minimum atomic E-state index is -2.28. The van der Waals surface area contributed by atoms with Gasteiger partial charge in [0.1, 0.15) is 17.8 Å². The van der Waals surface area contributed by atoms with Gasteiger partial charge in [-0.1, -0.05) is 23.7 Å². The van der Waals surface area contributed by atoms with Crippen molar-refractivity contribution in [3.8, 4) is 0 Å². The van der Waals surface area contributed by atoms with Crippen LogP contribution in [0.1, 0.15) is 41.6 Å². The summed E-state index contributed by atoms with van der Waals surface area (Å²) in [5.74, 6) is -4.16. The minimum Gasteiger partial charge on any atom is -0.479 e. The third-order valence-corrected chi connectivity index (χ3v) is 6.81. The van der Waals surface area contributed by atoms with Crippen molar-refractivity contribution in [3.05, 3.63) is 64.2 Å². The number of fused-ring (bicyclic) bond motifs is 1. The topological polar surface area (TPSA) is 73.2 Å². The predicted molar refractivity (Wildman–Crippen MR) is 120 cm³/mol. The van der Waals surface area contributed by atoms with Gasteiger partial charge in [0.25, 0.3) is 5.54 Å². The van der Waals surface area contributed by atoms with E-state index >= 15 is 4.39 Å². The van der Waals surface area contributed by atoms with Gasteiger partial charge < -0.3 is 10.0 Å². The van der Waals surface area contributed by atoms with Crippen molar-refractivity contribution in [2.75, 3.05) is 18.0 Å². The van der Waals surface area contributed by atoms with E-state index in [1.54, 1.807) is 29.2 Å². The molecule has 1 saturated heterocycles. The van der Waals surface area contributed by atoms with Gasteiger partial charge in [-0.05, 0) is 49.4 Å². The number of benzene rings is 2. The lowest BCUT2D eigenvalue weighted by atomic mass is 9.80.